The van der Waals surface area contributed by atoms with E-state index >= 15 is 0 Å². The summed E-state index contributed by atoms with van der Waals surface area (Å²) >= 11 is 0. The minimum Gasteiger partial charge on any atom is -0.457 e. The van der Waals surface area contributed by atoms with Crippen LogP contribution in [-0.2, 0) is 14.8 Å². The standard InChI is InChI=1S/C26H30N2O4S/c1-5-25(24-16-11-19(2)17-20(24)3)27-26(29)18-28(33(4,30)31)21-12-14-23(15-13-21)32-22-9-7-6-8-10-22/h6-17,25H,5,18H2,1-4H3,(H,27,29). The van der Waals surface area contributed by atoms with Gasteiger partial charge in [-0.15, -0.1) is 0 Å². The van der Waals surface area contributed by atoms with Crippen LogP contribution < -0.4 is 14.4 Å². The zero-order chi connectivity index (χ0) is 24.0. The maximum absolute atomic E-state index is 12.9. The highest BCUT2D eigenvalue weighted by atomic mass is 32.2. The van der Waals surface area contributed by atoms with Gasteiger partial charge in [-0.1, -0.05) is 48.9 Å². The van der Waals surface area contributed by atoms with Crippen molar-refractivity contribution >= 4 is 21.6 Å². The average Bonchev–Trinajstić information content (AvgIpc) is 2.77. The number of sulfonamides is 1. The summed E-state index contributed by atoms with van der Waals surface area (Å²) in [6, 6.07) is 21.8. The quantitative estimate of drug-likeness (QED) is 0.474. The van der Waals surface area contributed by atoms with Crippen LogP contribution in [-0.4, -0.2) is 27.1 Å². The van der Waals surface area contributed by atoms with Crippen molar-refractivity contribution in [2.45, 2.75) is 33.2 Å². The number of nitrogens with zero attached hydrogens (tertiary/aromatic N) is 1. The molecule has 1 atom stereocenters. The molecule has 3 aromatic carbocycles. The summed E-state index contributed by atoms with van der Waals surface area (Å²) < 4.78 is 31.8. The Hall–Kier alpha value is -3.32. The molecule has 0 aliphatic rings. The molecule has 0 saturated carbocycles. The van der Waals surface area contributed by atoms with E-state index in [2.05, 4.69) is 11.4 Å². The fourth-order valence-corrected chi connectivity index (χ4v) is 4.55. The lowest BCUT2D eigenvalue weighted by Gasteiger charge is -2.25. The van der Waals surface area contributed by atoms with Crippen LogP contribution in [0.15, 0.2) is 72.8 Å². The Kier molecular flexibility index (Phi) is 7.76. The summed E-state index contributed by atoms with van der Waals surface area (Å²) in [7, 11) is -3.67. The molecule has 3 rings (SSSR count). The highest BCUT2D eigenvalue weighted by molar-refractivity contribution is 7.92. The van der Waals surface area contributed by atoms with Gasteiger partial charge in [-0.25, -0.2) is 8.42 Å². The molecule has 174 valence electrons. The van der Waals surface area contributed by atoms with Crippen LogP contribution in [0.2, 0.25) is 0 Å². The number of hydrogen-bond acceptors (Lipinski definition) is 4. The number of aryl methyl sites for hydroxylation is 2. The van der Waals surface area contributed by atoms with E-state index in [0.717, 1.165) is 27.3 Å². The predicted molar refractivity (Wildman–Crippen MR) is 132 cm³/mol. The van der Waals surface area contributed by atoms with Crippen LogP contribution >= 0.6 is 0 Å². The summed E-state index contributed by atoms with van der Waals surface area (Å²) in [4.78, 5) is 12.9. The number of anilines is 1. The number of rotatable bonds is 9. The fourth-order valence-electron chi connectivity index (χ4n) is 3.69. The number of ether oxygens (including phenoxy) is 1. The monoisotopic (exact) mass is 466 g/mol. The Labute approximate surface area is 196 Å². The van der Waals surface area contributed by atoms with Crippen LogP contribution in [0.5, 0.6) is 11.5 Å². The molecular formula is C26H30N2O4S. The molecule has 1 amide bonds. The smallest absolute Gasteiger partial charge is 0.241 e. The van der Waals surface area contributed by atoms with Gasteiger partial charge in [0.1, 0.15) is 18.0 Å². The topological polar surface area (TPSA) is 75.7 Å². The number of nitrogens with one attached hydrogen (secondary N) is 1. The number of para-hydroxylation sites is 1. The van der Waals surface area contributed by atoms with Gasteiger partial charge in [0.15, 0.2) is 0 Å². The second-order valence-electron chi connectivity index (χ2n) is 8.07. The van der Waals surface area contributed by atoms with Gasteiger partial charge >= 0.3 is 0 Å². The molecular weight excluding hydrogens is 436 g/mol. The minimum absolute atomic E-state index is 0.193. The molecule has 33 heavy (non-hydrogen) atoms. The van der Waals surface area contributed by atoms with E-state index in [-0.39, 0.29) is 18.5 Å². The Balaban J connectivity index is 1.74. The van der Waals surface area contributed by atoms with Crippen LogP contribution in [0, 0.1) is 13.8 Å². The Bertz CT molecular complexity index is 1190. The molecule has 6 nitrogen and oxygen atoms in total. The average molecular weight is 467 g/mol. The lowest BCUT2D eigenvalue weighted by Crippen LogP contribution is -2.41. The second kappa shape index (κ2) is 10.5. The summed E-state index contributed by atoms with van der Waals surface area (Å²) in [5, 5.41) is 2.99. The summed E-state index contributed by atoms with van der Waals surface area (Å²) in [5.74, 6) is 0.891. The summed E-state index contributed by atoms with van der Waals surface area (Å²) in [5.41, 5.74) is 3.67. The lowest BCUT2D eigenvalue weighted by atomic mass is 9.97. The van der Waals surface area contributed by atoms with E-state index in [1.807, 2.05) is 63.2 Å². The van der Waals surface area contributed by atoms with Crippen molar-refractivity contribution < 1.29 is 17.9 Å². The first-order chi connectivity index (χ1) is 15.7. The van der Waals surface area contributed by atoms with Gasteiger partial charge in [-0.2, -0.15) is 0 Å². The molecule has 1 unspecified atom stereocenters. The molecule has 0 saturated heterocycles. The third-order valence-electron chi connectivity index (χ3n) is 5.34. The Morgan fingerprint density at radius 2 is 1.61 bits per heavy atom. The van der Waals surface area contributed by atoms with Gasteiger partial charge < -0.3 is 10.1 Å². The second-order valence-corrected chi connectivity index (χ2v) is 9.97. The Morgan fingerprint density at radius 1 is 0.970 bits per heavy atom. The fraction of sp³-hybridized carbons (Fsp3) is 0.269. The maximum Gasteiger partial charge on any atom is 0.241 e. The van der Waals surface area contributed by atoms with Gasteiger partial charge in [0.05, 0.1) is 18.0 Å². The van der Waals surface area contributed by atoms with Gasteiger partial charge in [-0.05, 0) is 67.8 Å². The van der Waals surface area contributed by atoms with Crippen molar-refractivity contribution in [2.75, 3.05) is 17.1 Å². The third-order valence-corrected chi connectivity index (χ3v) is 6.48. The number of carbonyl (C=O) groups excluding carboxylic acids is 1. The number of hydrogen-bond donors (Lipinski definition) is 1. The van der Waals surface area contributed by atoms with Crippen molar-refractivity contribution in [3.05, 3.63) is 89.5 Å². The van der Waals surface area contributed by atoms with Crippen molar-refractivity contribution in [2.24, 2.45) is 0 Å². The first-order valence-electron chi connectivity index (χ1n) is 10.8. The van der Waals surface area contributed by atoms with Crippen molar-refractivity contribution in [3.8, 4) is 11.5 Å². The lowest BCUT2D eigenvalue weighted by molar-refractivity contribution is -0.120. The van der Waals surface area contributed by atoms with E-state index in [1.165, 1.54) is 0 Å². The van der Waals surface area contributed by atoms with E-state index in [4.69, 9.17) is 4.74 Å². The third kappa shape index (κ3) is 6.58. The number of carbonyl (C=O) groups is 1. The largest absolute Gasteiger partial charge is 0.457 e. The van der Waals surface area contributed by atoms with E-state index in [0.29, 0.717) is 23.6 Å². The van der Waals surface area contributed by atoms with Gasteiger partial charge in [0.25, 0.3) is 0 Å². The summed E-state index contributed by atoms with van der Waals surface area (Å²) in [6.45, 7) is 5.72. The summed E-state index contributed by atoms with van der Waals surface area (Å²) in [6.07, 6.45) is 1.79. The van der Waals surface area contributed by atoms with Crippen molar-refractivity contribution in [3.63, 3.8) is 0 Å². The number of benzene rings is 3. The SMILES string of the molecule is CCC(NC(=O)CN(c1ccc(Oc2ccccc2)cc1)S(C)(=O)=O)c1ccc(C)cc1C. The first-order valence-corrected chi connectivity index (χ1v) is 12.7. The van der Waals surface area contributed by atoms with E-state index in [1.54, 1.807) is 24.3 Å². The van der Waals surface area contributed by atoms with Gasteiger partial charge in [-0.3, -0.25) is 9.10 Å². The van der Waals surface area contributed by atoms with E-state index < -0.39 is 10.0 Å². The van der Waals surface area contributed by atoms with Crippen LogP contribution in [0.3, 0.4) is 0 Å². The number of amides is 1. The zero-order valence-electron chi connectivity index (χ0n) is 19.4. The van der Waals surface area contributed by atoms with Crippen molar-refractivity contribution in [1.82, 2.24) is 5.32 Å². The molecule has 0 spiro atoms. The van der Waals surface area contributed by atoms with E-state index in [9.17, 15) is 13.2 Å². The molecule has 0 aromatic heterocycles. The van der Waals surface area contributed by atoms with Gasteiger partial charge in [0.2, 0.25) is 15.9 Å². The molecule has 0 aliphatic carbocycles. The maximum atomic E-state index is 12.9. The highest BCUT2D eigenvalue weighted by Crippen LogP contribution is 2.26. The molecule has 7 heteroatoms. The normalized spacial score (nSPS) is 12.1. The predicted octanol–water partition coefficient (Wildman–Crippen LogP) is 5.13. The molecule has 0 aliphatic heterocycles. The molecule has 3 aromatic rings. The van der Waals surface area contributed by atoms with Crippen LogP contribution in [0.4, 0.5) is 5.69 Å². The zero-order valence-corrected chi connectivity index (χ0v) is 20.2. The molecule has 1 N–H and O–H groups in total. The Morgan fingerprint density at radius 3 is 2.18 bits per heavy atom. The minimum atomic E-state index is -3.67. The molecule has 0 radical (unpaired) electrons. The first kappa shape index (κ1) is 24.3. The highest BCUT2D eigenvalue weighted by Gasteiger charge is 2.23. The molecule has 0 bridgehead atoms. The van der Waals surface area contributed by atoms with Crippen LogP contribution in [0.25, 0.3) is 0 Å². The van der Waals surface area contributed by atoms with Gasteiger partial charge in [0, 0.05) is 0 Å². The van der Waals surface area contributed by atoms with Crippen LogP contribution in [0.1, 0.15) is 36.1 Å². The molecule has 0 heterocycles. The molecule has 0 fully saturated rings. The van der Waals surface area contributed by atoms with Crippen molar-refractivity contribution in [1.29, 1.82) is 0 Å².